The van der Waals surface area contributed by atoms with Crippen molar-refractivity contribution in [2.75, 3.05) is 5.73 Å². The molecule has 0 unspecified atom stereocenters. The van der Waals surface area contributed by atoms with Crippen molar-refractivity contribution in [2.45, 2.75) is 0 Å². The predicted octanol–water partition coefficient (Wildman–Crippen LogP) is 2.41. The molecule has 0 fully saturated rings. The fraction of sp³-hybridized carbons (Fsp3) is 0. The molecule has 3 N–H and O–H groups in total. The zero-order valence-corrected chi connectivity index (χ0v) is 9.72. The van der Waals surface area contributed by atoms with Crippen molar-refractivity contribution in [1.82, 2.24) is 4.98 Å². The van der Waals surface area contributed by atoms with Crippen LogP contribution in [0.25, 0.3) is 11.6 Å². The molecule has 0 saturated heterocycles. The third-order valence-electron chi connectivity index (χ3n) is 1.88. The minimum absolute atomic E-state index is 0.159. The highest BCUT2D eigenvalue weighted by atomic mass is 32.1. The number of nitrogen functional groups attached to an aromatic ring is 1. The highest BCUT2D eigenvalue weighted by Gasteiger charge is 2.13. The number of thiazole rings is 1. The number of aliphatic carboxylic acids is 1. The number of rotatable bonds is 3. The second kappa shape index (κ2) is 4.46. The van der Waals surface area contributed by atoms with Gasteiger partial charge in [-0.1, -0.05) is 0 Å². The summed E-state index contributed by atoms with van der Waals surface area (Å²) in [7, 11) is 0. The molecule has 6 heteroatoms. The van der Waals surface area contributed by atoms with Crippen LogP contribution in [0.5, 0.6) is 0 Å². The zero-order chi connectivity index (χ0) is 11.5. The van der Waals surface area contributed by atoms with Crippen molar-refractivity contribution in [3.05, 3.63) is 33.5 Å². The second-order valence-electron chi connectivity index (χ2n) is 2.99. The van der Waals surface area contributed by atoms with Gasteiger partial charge in [-0.2, -0.15) is 11.3 Å². The van der Waals surface area contributed by atoms with E-state index in [1.165, 1.54) is 22.7 Å². The average molecular weight is 252 g/mol. The van der Waals surface area contributed by atoms with Gasteiger partial charge < -0.3 is 10.8 Å². The van der Waals surface area contributed by atoms with Crippen molar-refractivity contribution in [2.24, 2.45) is 0 Å². The fourth-order valence-corrected chi connectivity index (χ4v) is 2.36. The number of hydrogen-bond acceptors (Lipinski definition) is 5. The smallest absolute Gasteiger partial charge is 0.337 e. The summed E-state index contributed by atoms with van der Waals surface area (Å²) in [4.78, 5) is 15.1. The summed E-state index contributed by atoms with van der Waals surface area (Å²) >= 11 is 2.74. The molecule has 0 aliphatic carbocycles. The Morgan fingerprint density at radius 3 is 2.81 bits per heavy atom. The number of carboxylic acids is 1. The van der Waals surface area contributed by atoms with E-state index < -0.39 is 5.97 Å². The summed E-state index contributed by atoms with van der Waals surface area (Å²) in [5.74, 6) is -1.00. The summed E-state index contributed by atoms with van der Waals surface area (Å²) < 4.78 is 0. The van der Waals surface area contributed by atoms with Crippen LogP contribution < -0.4 is 5.73 Å². The molecule has 0 radical (unpaired) electrons. The van der Waals surface area contributed by atoms with Crippen molar-refractivity contribution in [3.8, 4) is 0 Å². The first-order chi connectivity index (χ1) is 7.66. The predicted molar refractivity (Wildman–Crippen MR) is 66.4 cm³/mol. The van der Waals surface area contributed by atoms with Crippen molar-refractivity contribution < 1.29 is 9.90 Å². The lowest BCUT2D eigenvalue weighted by molar-refractivity contribution is -0.130. The Morgan fingerprint density at radius 2 is 2.31 bits per heavy atom. The third kappa shape index (κ3) is 2.29. The fourth-order valence-electron chi connectivity index (χ4n) is 1.18. The topological polar surface area (TPSA) is 76.2 Å². The van der Waals surface area contributed by atoms with E-state index in [1.807, 2.05) is 16.8 Å². The van der Waals surface area contributed by atoms with E-state index in [1.54, 1.807) is 11.5 Å². The molecule has 2 heterocycles. The van der Waals surface area contributed by atoms with Gasteiger partial charge in [0, 0.05) is 5.38 Å². The molecule has 0 saturated carbocycles. The van der Waals surface area contributed by atoms with E-state index in [4.69, 9.17) is 10.8 Å². The lowest BCUT2D eigenvalue weighted by Crippen LogP contribution is -2.00. The van der Waals surface area contributed by atoms with E-state index in [-0.39, 0.29) is 5.57 Å². The quantitative estimate of drug-likeness (QED) is 0.822. The van der Waals surface area contributed by atoms with Crippen LogP contribution in [0.2, 0.25) is 0 Å². The van der Waals surface area contributed by atoms with E-state index >= 15 is 0 Å². The first kappa shape index (κ1) is 10.8. The number of hydrogen-bond donors (Lipinski definition) is 2. The van der Waals surface area contributed by atoms with Gasteiger partial charge in [-0.05, 0) is 28.5 Å². The molecule has 2 rings (SSSR count). The number of carboxylic acid groups (broad SMARTS) is 1. The largest absolute Gasteiger partial charge is 0.478 e. The monoisotopic (exact) mass is 252 g/mol. The van der Waals surface area contributed by atoms with Crippen molar-refractivity contribution in [3.63, 3.8) is 0 Å². The molecule has 0 aliphatic rings. The average Bonchev–Trinajstić information content (AvgIpc) is 2.84. The van der Waals surface area contributed by atoms with Gasteiger partial charge in [-0.15, -0.1) is 11.3 Å². The molecule has 0 spiro atoms. The molecule has 0 atom stereocenters. The number of anilines is 1. The molecule has 2 aromatic heterocycles. The Balaban J connectivity index is 2.42. The summed E-state index contributed by atoms with van der Waals surface area (Å²) in [6.07, 6.45) is 1.59. The minimum Gasteiger partial charge on any atom is -0.478 e. The molecular formula is C10H8N2O2S2. The van der Waals surface area contributed by atoms with Gasteiger partial charge in [-0.3, -0.25) is 0 Å². The lowest BCUT2D eigenvalue weighted by Gasteiger charge is -1.96. The lowest BCUT2D eigenvalue weighted by atomic mass is 10.1. The maximum atomic E-state index is 11.1. The summed E-state index contributed by atoms with van der Waals surface area (Å²) in [5.41, 5.74) is 6.90. The molecule has 2 aromatic rings. The number of carbonyl (C=O) groups is 1. The Morgan fingerprint density at radius 1 is 1.50 bits per heavy atom. The molecule has 0 aliphatic heterocycles. The Kier molecular flexibility index (Phi) is 3.02. The van der Waals surface area contributed by atoms with Crippen LogP contribution in [0.15, 0.2) is 22.2 Å². The van der Waals surface area contributed by atoms with Crippen LogP contribution in [0.3, 0.4) is 0 Å². The zero-order valence-electron chi connectivity index (χ0n) is 8.08. The first-order valence-electron chi connectivity index (χ1n) is 4.35. The summed E-state index contributed by atoms with van der Waals surface area (Å²) in [6.45, 7) is 0. The number of nitrogens with two attached hydrogens (primary N) is 1. The molecule has 4 nitrogen and oxygen atoms in total. The van der Waals surface area contributed by atoms with Gasteiger partial charge >= 0.3 is 5.97 Å². The Bertz CT molecular complexity index is 529. The molecule has 0 amide bonds. The first-order valence-corrected chi connectivity index (χ1v) is 6.17. The van der Waals surface area contributed by atoms with Gasteiger partial charge in [0.15, 0.2) is 5.13 Å². The van der Waals surface area contributed by atoms with Crippen molar-refractivity contribution >= 4 is 45.4 Å². The minimum atomic E-state index is -1.00. The number of thiophene rings is 1. The highest BCUT2D eigenvalue weighted by Crippen LogP contribution is 2.22. The number of aromatic nitrogens is 1. The van der Waals surface area contributed by atoms with Gasteiger partial charge in [0.2, 0.25) is 0 Å². The standard InChI is InChI=1S/C10H8N2O2S2/c11-10-12-8(5-16-10)7(9(13)14)3-6-1-2-15-4-6/h1-5H,(H2,11,12)(H,13,14)/b7-3-. The van der Waals surface area contributed by atoms with Crippen LogP contribution in [-0.2, 0) is 4.79 Å². The summed E-state index contributed by atoms with van der Waals surface area (Å²) in [6, 6.07) is 1.85. The SMILES string of the molecule is Nc1nc(/C(=C/c2ccsc2)C(=O)O)cs1. The van der Waals surface area contributed by atoms with Crippen LogP contribution in [0, 0.1) is 0 Å². The van der Waals surface area contributed by atoms with Gasteiger partial charge in [0.25, 0.3) is 0 Å². The number of nitrogens with zero attached hydrogens (tertiary/aromatic N) is 1. The van der Waals surface area contributed by atoms with Crippen LogP contribution >= 0.6 is 22.7 Å². The van der Waals surface area contributed by atoms with Gasteiger partial charge in [0.1, 0.15) is 0 Å². The summed E-state index contributed by atoms with van der Waals surface area (Å²) in [5, 5.41) is 14.9. The maximum Gasteiger partial charge on any atom is 0.337 e. The van der Waals surface area contributed by atoms with Crippen LogP contribution in [-0.4, -0.2) is 16.1 Å². The molecule has 0 bridgehead atoms. The van der Waals surface area contributed by atoms with Crippen molar-refractivity contribution in [1.29, 1.82) is 0 Å². The van der Waals surface area contributed by atoms with Gasteiger partial charge in [0.05, 0.1) is 11.3 Å². The van der Waals surface area contributed by atoms with E-state index in [0.29, 0.717) is 10.8 Å². The van der Waals surface area contributed by atoms with Crippen LogP contribution in [0.1, 0.15) is 11.3 Å². The molecular weight excluding hydrogens is 244 g/mol. The Hall–Kier alpha value is -1.66. The molecule has 16 heavy (non-hydrogen) atoms. The van der Waals surface area contributed by atoms with Gasteiger partial charge in [-0.25, -0.2) is 9.78 Å². The second-order valence-corrected chi connectivity index (χ2v) is 4.66. The third-order valence-corrected chi connectivity index (χ3v) is 3.26. The van der Waals surface area contributed by atoms with E-state index in [0.717, 1.165) is 5.56 Å². The Labute approximate surface area is 99.7 Å². The van der Waals surface area contributed by atoms with Crippen LogP contribution in [0.4, 0.5) is 5.13 Å². The van der Waals surface area contributed by atoms with E-state index in [9.17, 15) is 4.79 Å². The molecule has 0 aromatic carbocycles. The molecule has 82 valence electrons. The highest BCUT2D eigenvalue weighted by molar-refractivity contribution is 7.13. The maximum absolute atomic E-state index is 11.1. The normalized spacial score (nSPS) is 11.6. The van der Waals surface area contributed by atoms with E-state index in [2.05, 4.69) is 4.98 Å².